The van der Waals surface area contributed by atoms with Gasteiger partial charge in [-0.3, -0.25) is 14.5 Å². The van der Waals surface area contributed by atoms with Crippen LogP contribution in [0.3, 0.4) is 0 Å². The number of amides is 1. The first-order valence-corrected chi connectivity index (χ1v) is 11.1. The van der Waals surface area contributed by atoms with Gasteiger partial charge in [0.05, 0.1) is 18.2 Å². The fourth-order valence-electron chi connectivity index (χ4n) is 4.21. The third-order valence-electron chi connectivity index (χ3n) is 5.88. The Labute approximate surface area is 193 Å². The first kappa shape index (κ1) is 22.3. The molecule has 1 atom stereocenters. The molecule has 3 aromatic carbocycles. The van der Waals surface area contributed by atoms with Crippen LogP contribution in [0.4, 0.5) is 5.69 Å². The molecule has 0 radical (unpaired) electrons. The summed E-state index contributed by atoms with van der Waals surface area (Å²) >= 11 is 0. The molecule has 1 N–H and O–H groups in total. The number of carbonyl (C=O) groups excluding carboxylic acids is 2. The van der Waals surface area contributed by atoms with Gasteiger partial charge in [-0.05, 0) is 55.2 Å². The molecule has 0 aromatic heterocycles. The summed E-state index contributed by atoms with van der Waals surface area (Å²) < 4.78 is 5.70. The van der Waals surface area contributed by atoms with Gasteiger partial charge in [0.1, 0.15) is 11.5 Å². The van der Waals surface area contributed by atoms with Gasteiger partial charge < -0.3 is 9.84 Å². The second-order valence-electron chi connectivity index (χ2n) is 8.19. The molecular formula is C28H27NO4. The Bertz CT molecular complexity index is 1240. The van der Waals surface area contributed by atoms with Crippen molar-refractivity contribution < 1.29 is 19.4 Å². The van der Waals surface area contributed by atoms with E-state index in [0.29, 0.717) is 23.6 Å². The van der Waals surface area contributed by atoms with Crippen molar-refractivity contribution in [3.8, 4) is 5.75 Å². The predicted octanol–water partition coefficient (Wildman–Crippen LogP) is 5.72. The summed E-state index contributed by atoms with van der Waals surface area (Å²) in [6.07, 6.45) is 0.852. The number of anilines is 1. The summed E-state index contributed by atoms with van der Waals surface area (Å²) in [7, 11) is 0. The zero-order valence-corrected chi connectivity index (χ0v) is 19.0. The van der Waals surface area contributed by atoms with Crippen LogP contribution in [-0.4, -0.2) is 23.4 Å². The number of hydrogen-bond acceptors (Lipinski definition) is 4. The third-order valence-corrected chi connectivity index (χ3v) is 5.88. The van der Waals surface area contributed by atoms with Crippen molar-refractivity contribution in [1.29, 1.82) is 0 Å². The Hall–Kier alpha value is -3.86. The SMILES string of the molecule is CCCOc1cccc(/C(O)=C2\C(=O)C(=O)N(c3ccccc3C)C2c2ccccc2C)c1. The molecule has 5 nitrogen and oxygen atoms in total. The number of nitrogens with zero attached hydrogens (tertiary/aromatic N) is 1. The molecule has 4 rings (SSSR count). The molecule has 168 valence electrons. The molecule has 1 fully saturated rings. The topological polar surface area (TPSA) is 66.8 Å². The normalized spacial score (nSPS) is 17.4. The van der Waals surface area contributed by atoms with E-state index in [1.165, 1.54) is 4.90 Å². The predicted molar refractivity (Wildman–Crippen MR) is 129 cm³/mol. The van der Waals surface area contributed by atoms with Gasteiger partial charge in [-0.2, -0.15) is 0 Å². The number of rotatable bonds is 6. The Morgan fingerprint density at radius 3 is 2.33 bits per heavy atom. The average molecular weight is 442 g/mol. The van der Waals surface area contributed by atoms with E-state index in [9.17, 15) is 14.7 Å². The van der Waals surface area contributed by atoms with Crippen molar-refractivity contribution >= 4 is 23.1 Å². The monoisotopic (exact) mass is 441 g/mol. The molecule has 1 aliphatic heterocycles. The lowest BCUT2D eigenvalue weighted by Crippen LogP contribution is -2.30. The zero-order chi connectivity index (χ0) is 23.5. The van der Waals surface area contributed by atoms with Gasteiger partial charge in [-0.25, -0.2) is 0 Å². The second-order valence-corrected chi connectivity index (χ2v) is 8.19. The standard InChI is InChI=1S/C28H27NO4/c1-4-16-33-21-13-9-12-20(17-21)26(30)24-25(22-14-7-5-10-18(22)2)29(28(32)27(24)31)23-15-8-6-11-19(23)3/h5-15,17,25,30H,4,16H2,1-3H3/b26-24+. The second kappa shape index (κ2) is 9.33. The van der Waals surface area contributed by atoms with Crippen LogP contribution in [0.25, 0.3) is 5.76 Å². The molecular weight excluding hydrogens is 414 g/mol. The molecule has 1 amide bonds. The molecule has 3 aromatic rings. The van der Waals surface area contributed by atoms with Crippen molar-refractivity contribution in [2.75, 3.05) is 11.5 Å². The summed E-state index contributed by atoms with van der Waals surface area (Å²) in [6.45, 7) is 6.40. The average Bonchev–Trinajstić information content (AvgIpc) is 3.08. The molecule has 0 bridgehead atoms. The van der Waals surface area contributed by atoms with Crippen molar-refractivity contribution in [2.45, 2.75) is 33.2 Å². The van der Waals surface area contributed by atoms with Gasteiger partial charge in [0, 0.05) is 11.3 Å². The van der Waals surface area contributed by atoms with Crippen LogP contribution in [0, 0.1) is 13.8 Å². The van der Waals surface area contributed by atoms with Crippen molar-refractivity contribution in [3.63, 3.8) is 0 Å². The van der Waals surface area contributed by atoms with Crippen LogP contribution in [0.5, 0.6) is 5.75 Å². The van der Waals surface area contributed by atoms with E-state index in [0.717, 1.165) is 23.1 Å². The van der Waals surface area contributed by atoms with Gasteiger partial charge in [0.2, 0.25) is 0 Å². The van der Waals surface area contributed by atoms with E-state index < -0.39 is 17.7 Å². The highest BCUT2D eigenvalue weighted by Gasteiger charge is 2.47. The van der Waals surface area contributed by atoms with Gasteiger partial charge in [0.25, 0.3) is 11.7 Å². The molecule has 33 heavy (non-hydrogen) atoms. The van der Waals surface area contributed by atoms with Gasteiger partial charge in [-0.1, -0.05) is 61.5 Å². The Kier molecular flexibility index (Phi) is 6.31. The molecule has 0 aliphatic carbocycles. The number of aliphatic hydroxyl groups excluding tert-OH is 1. The maximum Gasteiger partial charge on any atom is 0.300 e. The van der Waals surface area contributed by atoms with Crippen LogP contribution in [0.1, 0.15) is 41.6 Å². The van der Waals surface area contributed by atoms with Crippen LogP contribution in [0.15, 0.2) is 78.4 Å². The summed E-state index contributed by atoms with van der Waals surface area (Å²) in [5.74, 6) is -0.970. The number of benzene rings is 3. The number of hydrogen-bond donors (Lipinski definition) is 1. The van der Waals surface area contributed by atoms with E-state index in [2.05, 4.69) is 0 Å². The fraction of sp³-hybridized carbons (Fsp3) is 0.214. The van der Waals surface area contributed by atoms with Crippen LogP contribution >= 0.6 is 0 Å². The van der Waals surface area contributed by atoms with Crippen molar-refractivity contribution in [2.24, 2.45) is 0 Å². The number of ether oxygens (including phenoxy) is 1. The van der Waals surface area contributed by atoms with Gasteiger partial charge in [0.15, 0.2) is 0 Å². The third kappa shape index (κ3) is 4.14. The number of para-hydroxylation sites is 1. The Morgan fingerprint density at radius 2 is 1.64 bits per heavy atom. The zero-order valence-electron chi connectivity index (χ0n) is 19.0. The largest absolute Gasteiger partial charge is 0.507 e. The molecule has 0 spiro atoms. The van der Waals surface area contributed by atoms with Gasteiger partial charge >= 0.3 is 0 Å². The molecule has 1 saturated heterocycles. The minimum Gasteiger partial charge on any atom is -0.507 e. The van der Waals surface area contributed by atoms with Crippen molar-refractivity contribution in [1.82, 2.24) is 0 Å². The van der Waals surface area contributed by atoms with Crippen LogP contribution in [-0.2, 0) is 9.59 Å². The lowest BCUT2D eigenvalue weighted by atomic mass is 9.92. The van der Waals surface area contributed by atoms with E-state index >= 15 is 0 Å². The maximum absolute atomic E-state index is 13.3. The van der Waals surface area contributed by atoms with E-state index in [4.69, 9.17) is 4.74 Å². The molecule has 0 saturated carbocycles. The van der Waals surface area contributed by atoms with Crippen LogP contribution < -0.4 is 9.64 Å². The molecule has 5 heteroatoms. The van der Waals surface area contributed by atoms with E-state index in [-0.39, 0.29) is 11.3 Å². The summed E-state index contributed by atoms with van der Waals surface area (Å²) in [5.41, 5.74) is 3.74. The number of carbonyl (C=O) groups is 2. The fourth-order valence-corrected chi connectivity index (χ4v) is 4.21. The highest BCUT2D eigenvalue weighted by Crippen LogP contribution is 2.44. The number of aryl methyl sites for hydroxylation is 2. The van der Waals surface area contributed by atoms with Crippen molar-refractivity contribution in [3.05, 3.63) is 101 Å². The quantitative estimate of drug-likeness (QED) is 0.302. The minimum absolute atomic E-state index is 0.0743. The first-order chi connectivity index (χ1) is 15.9. The molecule has 1 unspecified atom stereocenters. The van der Waals surface area contributed by atoms with E-state index in [1.807, 2.05) is 69.3 Å². The maximum atomic E-state index is 13.3. The van der Waals surface area contributed by atoms with E-state index in [1.54, 1.807) is 24.3 Å². The highest BCUT2D eigenvalue weighted by atomic mass is 16.5. The Balaban J connectivity index is 1.93. The minimum atomic E-state index is -0.743. The smallest absolute Gasteiger partial charge is 0.300 e. The summed E-state index contributed by atoms with van der Waals surface area (Å²) in [4.78, 5) is 28.1. The van der Waals surface area contributed by atoms with Crippen LogP contribution in [0.2, 0.25) is 0 Å². The highest BCUT2D eigenvalue weighted by molar-refractivity contribution is 6.51. The molecule has 1 heterocycles. The summed E-state index contributed by atoms with van der Waals surface area (Å²) in [5, 5.41) is 11.3. The number of ketones is 1. The van der Waals surface area contributed by atoms with Gasteiger partial charge in [-0.15, -0.1) is 0 Å². The first-order valence-electron chi connectivity index (χ1n) is 11.1. The summed E-state index contributed by atoms with van der Waals surface area (Å²) in [6, 6.07) is 21.3. The lowest BCUT2D eigenvalue weighted by molar-refractivity contribution is -0.132. The Morgan fingerprint density at radius 1 is 0.939 bits per heavy atom. The lowest BCUT2D eigenvalue weighted by Gasteiger charge is -2.27. The molecule has 1 aliphatic rings. The number of aliphatic hydroxyl groups is 1. The number of Topliss-reactive ketones (excluding diaryl/α,β-unsaturated/α-hetero) is 1.